The topological polar surface area (TPSA) is 79.1 Å². The standard InChI is InChI=1S/C34H34ClF2N7O2.H2S/c1-20(36)32(45)43-15-14-42(18-23(43)16-38-5)31-25-17-39-29(24-10-6-8-21-9-7-11-26(35)27(21)24)28(37)30(25)40-33(41-31)46-19-22-12-13-44(22)34(2,3)4;/h6-11,17,22-23H,1,12-16,18-19H2,2-4H3;1H2/t22?,23-;/m0./s1. The van der Waals surface area contributed by atoms with Gasteiger partial charge in [-0.25, -0.2) is 15.4 Å². The number of anilines is 1. The molecule has 0 aliphatic carbocycles. The van der Waals surface area contributed by atoms with Crippen LogP contribution in [0.5, 0.6) is 6.01 Å². The van der Waals surface area contributed by atoms with Crippen molar-refractivity contribution in [1.82, 2.24) is 24.8 Å². The fourth-order valence-electron chi connectivity index (χ4n) is 6.41. The number of halogens is 3. The first kappa shape index (κ1) is 34.3. The van der Waals surface area contributed by atoms with E-state index in [1.807, 2.05) is 29.2 Å². The fourth-order valence-corrected chi connectivity index (χ4v) is 6.69. The van der Waals surface area contributed by atoms with Crippen molar-refractivity contribution in [2.45, 2.75) is 44.8 Å². The first-order valence-electron chi connectivity index (χ1n) is 15.1. The molecule has 0 bridgehead atoms. The zero-order valence-corrected chi connectivity index (χ0v) is 28.2. The lowest BCUT2D eigenvalue weighted by Crippen LogP contribution is -2.59. The van der Waals surface area contributed by atoms with Crippen molar-refractivity contribution in [3.8, 4) is 17.3 Å². The van der Waals surface area contributed by atoms with Crippen LogP contribution in [0.4, 0.5) is 14.6 Å². The normalized spacial score (nSPS) is 18.4. The first-order valence-corrected chi connectivity index (χ1v) is 15.5. The van der Waals surface area contributed by atoms with E-state index in [1.54, 1.807) is 12.1 Å². The van der Waals surface area contributed by atoms with Gasteiger partial charge in [-0.3, -0.25) is 14.7 Å². The molecule has 1 amide bonds. The number of amides is 1. The molecule has 2 aliphatic heterocycles. The number of rotatable bonds is 7. The Morgan fingerprint density at radius 1 is 1.15 bits per heavy atom. The third-order valence-electron chi connectivity index (χ3n) is 8.74. The molecule has 2 aliphatic rings. The molecule has 2 fully saturated rings. The van der Waals surface area contributed by atoms with E-state index in [4.69, 9.17) is 27.9 Å². The van der Waals surface area contributed by atoms with Crippen LogP contribution >= 0.6 is 25.1 Å². The molecule has 0 spiro atoms. The van der Waals surface area contributed by atoms with Crippen LogP contribution in [0.15, 0.2) is 55.0 Å². The van der Waals surface area contributed by atoms with E-state index in [-0.39, 0.29) is 68.5 Å². The maximum Gasteiger partial charge on any atom is 0.319 e. The van der Waals surface area contributed by atoms with E-state index < -0.39 is 23.6 Å². The molecule has 4 heterocycles. The molecule has 0 radical (unpaired) electrons. The van der Waals surface area contributed by atoms with Crippen LogP contribution in [-0.2, 0) is 4.79 Å². The van der Waals surface area contributed by atoms with Gasteiger partial charge in [-0.15, -0.1) is 0 Å². The van der Waals surface area contributed by atoms with Crippen LogP contribution in [0.3, 0.4) is 0 Å². The Hall–Kier alpha value is -4.05. The van der Waals surface area contributed by atoms with Crippen molar-refractivity contribution >= 4 is 58.5 Å². The number of fused-ring (bicyclic) bond motifs is 2. The summed E-state index contributed by atoms with van der Waals surface area (Å²) in [6, 6.07) is 10.5. The van der Waals surface area contributed by atoms with Gasteiger partial charge in [-0.2, -0.15) is 23.5 Å². The van der Waals surface area contributed by atoms with Crippen LogP contribution in [0.25, 0.3) is 37.8 Å². The number of carbonyl (C=O) groups excluding carboxylic acids is 1. The molecule has 246 valence electrons. The van der Waals surface area contributed by atoms with Gasteiger partial charge in [0.15, 0.2) is 11.6 Å². The van der Waals surface area contributed by atoms with E-state index >= 15 is 4.39 Å². The number of aromatic nitrogens is 3. The second kappa shape index (κ2) is 13.6. The van der Waals surface area contributed by atoms with E-state index in [1.165, 1.54) is 11.1 Å². The highest BCUT2D eigenvalue weighted by atomic mass is 35.5. The van der Waals surface area contributed by atoms with Gasteiger partial charge in [0, 0.05) is 59.9 Å². The number of nitrogens with zero attached hydrogens (tertiary/aromatic N) is 7. The lowest BCUT2D eigenvalue weighted by Gasteiger charge is -2.49. The molecule has 6 rings (SSSR count). The van der Waals surface area contributed by atoms with Crippen LogP contribution in [-0.4, -0.2) is 87.6 Å². The van der Waals surface area contributed by atoms with Crippen LogP contribution in [0, 0.1) is 12.4 Å². The zero-order chi connectivity index (χ0) is 32.7. The van der Waals surface area contributed by atoms with Crippen LogP contribution in [0.1, 0.15) is 27.2 Å². The third kappa shape index (κ3) is 6.57. The lowest BCUT2D eigenvalue weighted by molar-refractivity contribution is -0.131. The predicted molar refractivity (Wildman–Crippen MR) is 185 cm³/mol. The SMILES string of the molecule is S.[C-]#[N+]C[C@H]1CN(c2nc(OCC3CCN3C(C)(C)C)nc3c(F)c(-c4cccc5cccc(Cl)c45)ncc23)CCN1C(=O)C(=C)F. The predicted octanol–water partition coefficient (Wildman–Crippen LogP) is 6.42. The molecule has 0 N–H and O–H groups in total. The summed E-state index contributed by atoms with van der Waals surface area (Å²) in [5.74, 6) is -2.23. The summed E-state index contributed by atoms with van der Waals surface area (Å²) in [5, 5.41) is 2.33. The Morgan fingerprint density at radius 3 is 2.55 bits per heavy atom. The summed E-state index contributed by atoms with van der Waals surface area (Å²) in [5.41, 5.74) is 0.597. The highest BCUT2D eigenvalue weighted by Gasteiger charge is 2.38. The molecular weight excluding hydrogens is 644 g/mol. The molecule has 47 heavy (non-hydrogen) atoms. The zero-order valence-electron chi connectivity index (χ0n) is 26.4. The minimum atomic E-state index is -1.08. The third-order valence-corrected chi connectivity index (χ3v) is 9.06. The molecule has 13 heteroatoms. The quantitative estimate of drug-likeness (QED) is 0.165. The van der Waals surface area contributed by atoms with E-state index in [9.17, 15) is 9.18 Å². The van der Waals surface area contributed by atoms with E-state index in [0.29, 0.717) is 33.8 Å². The number of ether oxygens (including phenoxy) is 1. The maximum absolute atomic E-state index is 16.7. The molecule has 4 aromatic rings. The van der Waals surface area contributed by atoms with Crippen LogP contribution in [0.2, 0.25) is 5.02 Å². The molecule has 1 unspecified atom stereocenters. The van der Waals surface area contributed by atoms with Gasteiger partial charge < -0.3 is 19.4 Å². The van der Waals surface area contributed by atoms with Gasteiger partial charge in [-0.05, 0) is 38.6 Å². The highest BCUT2D eigenvalue weighted by molar-refractivity contribution is 7.59. The van der Waals surface area contributed by atoms with Crippen molar-refractivity contribution in [3.05, 3.63) is 77.3 Å². The first-order chi connectivity index (χ1) is 22.0. The Labute approximate surface area is 284 Å². The molecule has 2 aromatic carbocycles. The maximum atomic E-state index is 16.7. The minimum Gasteiger partial charge on any atom is -0.462 e. The number of pyridine rings is 1. The lowest BCUT2D eigenvalue weighted by atomic mass is 9.94. The van der Waals surface area contributed by atoms with Gasteiger partial charge in [0.25, 0.3) is 5.91 Å². The summed E-state index contributed by atoms with van der Waals surface area (Å²) < 4.78 is 36.7. The van der Waals surface area contributed by atoms with Gasteiger partial charge >= 0.3 is 6.01 Å². The smallest absolute Gasteiger partial charge is 0.319 e. The Balaban J connectivity index is 0.00000433. The molecule has 2 aromatic heterocycles. The van der Waals surface area contributed by atoms with E-state index in [2.05, 4.69) is 47.1 Å². The summed E-state index contributed by atoms with van der Waals surface area (Å²) in [6.45, 7) is 18.8. The average Bonchev–Trinajstić information content (AvgIpc) is 2.99. The number of hydrogen-bond acceptors (Lipinski definition) is 7. The van der Waals surface area contributed by atoms with E-state index in [0.717, 1.165) is 18.4 Å². The molecule has 2 saturated heterocycles. The average molecular weight is 680 g/mol. The van der Waals surface area contributed by atoms with Gasteiger partial charge in [-0.1, -0.05) is 48.5 Å². The van der Waals surface area contributed by atoms with Crippen molar-refractivity contribution in [2.75, 3.05) is 44.2 Å². The number of carbonyl (C=O) groups is 1. The fraction of sp³-hybridized carbons (Fsp3) is 0.382. The Kier molecular flexibility index (Phi) is 9.91. The second-order valence-electron chi connectivity index (χ2n) is 12.6. The monoisotopic (exact) mass is 679 g/mol. The Morgan fingerprint density at radius 2 is 1.89 bits per heavy atom. The number of benzene rings is 2. The van der Waals surface area contributed by atoms with Crippen molar-refractivity contribution in [3.63, 3.8) is 0 Å². The number of piperazine rings is 1. The second-order valence-corrected chi connectivity index (χ2v) is 13.0. The van der Waals surface area contributed by atoms with Gasteiger partial charge in [0.2, 0.25) is 6.54 Å². The minimum absolute atomic E-state index is 0. The molecule has 2 atom stereocenters. The van der Waals surface area contributed by atoms with Gasteiger partial charge in [0.05, 0.1) is 5.39 Å². The molecule has 0 saturated carbocycles. The van der Waals surface area contributed by atoms with Crippen molar-refractivity contribution < 1.29 is 18.3 Å². The largest absolute Gasteiger partial charge is 0.462 e. The van der Waals surface area contributed by atoms with Crippen molar-refractivity contribution in [1.29, 1.82) is 0 Å². The summed E-state index contributed by atoms with van der Waals surface area (Å²) in [4.78, 5) is 35.3. The molecule has 9 nitrogen and oxygen atoms in total. The molecular formula is C34H36ClF2N7O2S. The van der Waals surface area contributed by atoms with Gasteiger partial charge in [0.1, 0.15) is 29.7 Å². The summed E-state index contributed by atoms with van der Waals surface area (Å²) in [7, 11) is 0. The van der Waals surface area contributed by atoms with Crippen LogP contribution < -0.4 is 9.64 Å². The number of likely N-dealkylation sites (tertiary alicyclic amines) is 1. The highest BCUT2D eigenvalue weighted by Crippen LogP contribution is 2.38. The summed E-state index contributed by atoms with van der Waals surface area (Å²) in [6.07, 6.45) is 2.48. The summed E-state index contributed by atoms with van der Waals surface area (Å²) >= 11 is 6.58. The number of hydrogen-bond donors (Lipinski definition) is 0. The Bertz CT molecular complexity index is 1890. The van der Waals surface area contributed by atoms with Crippen molar-refractivity contribution in [2.24, 2.45) is 0 Å².